The quantitative estimate of drug-likeness (QED) is 0.708. The number of aromatic nitrogens is 2. The van der Waals surface area contributed by atoms with Gasteiger partial charge in [0.25, 0.3) is 0 Å². The molecule has 0 radical (unpaired) electrons. The Labute approximate surface area is 102 Å². The van der Waals surface area contributed by atoms with Crippen molar-refractivity contribution in [1.82, 2.24) is 9.78 Å². The Morgan fingerprint density at radius 3 is 2.47 bits per heavy atom. The zero-order chi connectivity index (χ0) is 11.3. The Hall–Kier alpha value is -0.210. The molecule has 0 aliphatic heterocycles. The minimum Gasteiger partial charge on any atom is -0.276 e. The van der Waals surface area contributed by atoms with Crippen LogP contribution in [0.1, 0.15) is 25.3 Å². The number of aryl methyl sites for hydroxylation is 1. The van der Waals surface area contributed by atoms with Gasteiger partial charge in [-0.3, -0.25) is 4.68 Å². The van der Waals surface area contributed by atoms with Gasteiger partial charge in [0.1, 0.15) is 0 Å². The van der Waals surface area contributed by atoms with Crippen molar-refractivity contribution in [1.29, 1.82) is 0 Å². The van der Waals surface area contributed by atoms with Crippen LogP contribution in [0.25, 0.3) is 0 Å². The summed E-state index contributed by atoms with van der Waals surface area (Å²) in [6.45, 7) is 2.16. The molecule has 1 aromatic heterocycles. The SMILES string of the molecule is CCCC(CCl)(CCl)Cc1cnn(C)c1. The van der Waals surface area contributed by atoms with Gasteiger partial charge in [-0.2, -0.15) is 5.10 Å². The summed E-state index contributed by atoms with van der Waals surface area (Å²) in [6.07, 6.45) is 7.02. The molecule has 0 aliphatic rings. The van der Waals surface area contributed by atoms with Crippen LogP contribution in [-0.4, -0.2) is 21.5 Å². The van der Waals surface area contributed by atoms with Crippen LogP contribution in [0.2, 0.25) is 0 Å². The van der Waals surface area contributed by atoms with Crippen molar-refractivity contribution >= 4 is 23.2 Å². The van der Waals surface area contributed by atoms with E-state index in [2.05, 4.69) is 12.0 Å². The van der Waals surface area contributed by atoms with E-state index in [-0.39, 0.29) is 5.41 Å². The van der Waals surface area contributed by atoms with Gasteiger partial charge in [0.15, 0.2) is 0 Å². The summed E-state index contributed by atoms with van der Waals surface area (Å²) in [5.41, 5.74) is 1.24. The zero-order valence-electron chi connectivity index (χ0n) is 9.34. The smallest absolute Gasteiger partial charge is 0.0521 e. The average molecular weight is 249 g/mol. The monoisotopic (exact) mass is 248 g/mol. The van der Waals surface area contributed by atoms with E-state index in [4.69, 9.17) is 23.2 Å². The van der Waals surface area contributed by atoms with E-state index in [9.17, 15) is 0 Å². The van der Waals surface area contributed by atoms with E-state index in [0.717, 1.165) is 19.3 Å². The summed E-state index contributed by atoms with van der Waals surface area (Å²) in [5.74, 6) is 1.22. The predicted molar refractivity (Wildman–Crippen MR) is 65.7 cm³/mol. The van der Waals surface area contributed by atoms with Gasteiger partial charge in [0, 0.05) is 30.4 Å². The lowest BCUT2D eigenvalue weighted by Gasteiger charge is -2.28. The lowest BCUT2D eigenvalue weighted by Crippen LogP contribution is -2.27. The van der Waals surface area contributed by atoms with E-state index in [1.54, 1.807) is 0 Å². The Morgan fingerprint density at radius 2 is 2.07 bits per heavy atom. The van der Waals surface area contributed by atoms with E-state index in [1.807, 2.05) is 24.1 Å². The van der Waals surface area contributed by atoms with Gasteiger partial charge in [-0.15, -0.1) is 23.2 Å². The van der Waals surface area contributed by atoms with Gasteiger partial charge in [-0.25, -0.2) is 0 Å². The summed E-state index contributed by atoms with van der Waals surface area (Å²) in [7, 11) is 1.92. The topological polar surface area (TPSA) is 17.8 Å². The molecule has 0 amide bonds. The molecular weight excluding hydrogens is 231 g/mol. The van der Waals surface area contributed by atoms with Gasteiger partial charge in [0.2, 0.25) is 0 Å². The number of hydrogen-bond donors (Lipinski definition) is 0. The van der Waals surface area contributed by atoms with Crippen LogP contribution in [0.15, 0.2) is 12.4 Å². The molecule has 4 heteroatoms. The minimum atomic E-state index is 0.0287. The van der Waals surface area contributed by atoms with Gasteiger partial charge in [-0.05, 0) is 18.4 Å². The van der Waals surface area contributed by atoms with E-state index in [0.29, 0.717) is 11.8 Å². The summed E-state index contributed by atoms with van der Waals surface area (Å²) in [5, 5.41) is 4.16. The van der Waals surface area contributed by atoms with Gasteiger partial charge < -0.3 is 0 Å². The summed E-state index contributed by atoms with van der Waals surface area (Å²) >= 11 is 12.1. The molecule has 0 saturated carbocycles. The molecule has 0 unspecified atom stereocenters. The number of halogens is 2. The maximum Gasteiger partial charge on any atom is 0.0521 e. The predicted octanol–water partition coefficient (Wildman–Crippen LogP) is 3.23. The highest BCUT2D eigenvalue weighted by atomic mass is 35.5. The number of nitrogens with zero attached hydrogens (tertiary/aromatic N) is 2. The van der Waals surface area contributed by atoms with Crippen molar-refractivity contribution < 1.29 is 0 Å². The van der Waals surface area contributed by atoms with Crippen molar-refractivity contribution in [3.05, 3.63) is 18.0 Å². The van der Waals surface area contributed by atoms with E-state index < -0.39 is 0 Å². The average Bonchev–Trinajstić information content (AvgIpc) is 2.63. The molecule has 0 aromatic carbocycles. The van der Waals surface area contributed by atoms with E-state index in [1.165, 1.54) is 5.56 Å². The Bertz CT molecular complexity index is 293. The maximum atomic E-state index is 6.05. The molecule has 1 heterocycles. The first kappa shape index (κ1) is 12.9. The number of hydrogen-bond acceptors (Lipinski definition) is 1. The van der Waals surface area contributed by atoms with Crippen molar-refractivity contribution in [3.8, 4) is 0 Å². The molecule has 0 bridgehead atoms. The second kappa shape index (κ2) is 5.76. The molecule has 86 valence electrons. The largest absolute Gasteiger partial charge is 0.276 e. The van der Waals surface area contributed by atoms with Gasteiger partial charge in [0.05, 0.1) is 6.20 Å². The van der Waals surface area contributed by atoms with Crippen LogP contribution in [-0.2, 0) is 13.5 Å². The lowest BCUT2D eigenvalue weighted by atomic mass is 9.82. The van der Waals surface area contributed by atoms with Gasteiger partial charge >= 0.3 is 0 Å². The molecule has 0 atom stereocenters. The molecule has 0 aliphatic carbocycles. The van der Waals surface area contributed by atoms with Gasteiger partial charge in [-0.1, -0.05) is 13.3 Å². The number of rotatable bonds is 6. The Morgan fingerprint density at radius 1 is 1.40 bits per heavy atom. The highest BCUT2D eigenvalue weighted by Gasteiger charge is 2.28. The van der Waals surface area contributed by atoms with Crippen LogP contribution in [0, 0.1) is 5.41 Å². The highest BCUT2D eigenvalue weighted by Crippen LogP contribution is 2.31. The molecule has 15 heavy (non-hydrogen) atoms. The molecule has 0 N–H and O–H groups in total. The third-order valence-electron chi connectivity index (χ3n) is 2.68. The fourth-order valence-corrected chi connectivity index (χ4v) is 2.62. The fraction of sp³-hybridized carbons (Fsp3) is 0.727. The fourth-order valence-electron chi connectivity index (χ4n) is 1.88. The van der Waals surface area contributed by atoms with Crippen molar-refractivity contribution in [2.24, 2.45) is 12.5 Å². The van der Waals surface area contributed by atoms with Crippen molar-refractivity contribution in [2.75, 3.05) is 11.8 Å². The first-order valence-electron chi connectivity index (χ1n) is 5.25. The summed E-state index contributed by atoms with van der Waals surface area (Å²) in [6, 6.07) is 0. The first-order valence-corrected chi connectivity index (χ1v) is 6.32. The second-order valence-electron chi connectivity index (χ2n) is 4.22. The third-order valence-corrected chi connectivity index (χ3v) is 3.82. The van der Waals surface area contributed by atoms with Crippen molar-refractivity contribution in [3.63, 3.8) is 0 Å². The zero-order valence-corrected chi connectivity index (χ0v) is 10.9. The van der Waals surface area contributed by atoms with Crippen LogP contribution < -0.4 is 0 Å². The van der Waals surface area contributed by atoms with Crippen LogP contribution >= 0.6 is 23.2 Å². The molecular formula is C11H18Cl2N2. The molecule has 0 spiro atoms. The maximum absolute atomic E-state index is 6.05. The highest BCUT2D eigenvalue weighted by molar-refractivity contribution is 6.21. The molecule has 1 rings (SSSR count). The third kappa shape index (κ3) is 3.39. The normalized spacial score (nSPS) is 12.0. The Balaban J connectivity index is 2.73. The van der Waals surface area contributed by atoms with E-state index >= 15 is 0 Å². The lowest BCUT2D eigenvalue weighted by molar-refractivity contribution is 0.341. The molecule has 0 fully saturated rings. The number of alkyl halides is 2. The van der Waals surface area contributed by atoms with Crippen LogP contribution in [0.3, 0.4) is 0 Å². The van der Waals surface area contributed by atoms with Crippen LogP contribution in [0.5, 0.6) is 0 Å². The molecule has 0 saturated heterocycles. The standard InChI is InChI=1S/C11H18Cl2N2/c1-3-4-11(8-12,9-13)5-10-6-14-15(2)7-10/h6-7H,3-5,8-9H2,1-2H3. The summed E-state index contributed by atoms with van der Waals surface area (Å²) in [4.78, 5) is 0. The van der Waals surface area contributed by atoms with Crippen LogP contribution in [0.4, 0.5) is 0 Å². The molecule has 2 nitrogen and oxygen atoms in total. The Kier molecular flexibility index (Phi) is 4.94. The molecule has 1 aromatic rings. The van der Waals surface area contributed by atoms with Crippen molar-refractivity contribution in [2.45, 2.75) is 26.2 Å². The second-order valence-corrected chi connectivity index (χ2v) is 4.75. The first-order chi connectivity index (χ1) is 7.15. The summed E-state index contributed by atoms with van der Waals surface area (Å²) < 4.78 is 1.81. The minimum absolute atomic E-state index is 0.0287.